The van der Waals surface area contributed by atoms with Gasteiger partial charge in [-0.15, -0.1) is 0 Å². The van der Waals surface area contributed by atoms with Crippen molar-refractivity contribution in [3.05, 3.63) is 29.8 Å². The smallest absolute Gasteiger partial charge is 0.466 e. The Balaban J connectivity index is 1.63. The van der Waals surface area contributed by atoms with E-state index in [-0.39, 0.29) is 36.0 Å². The summed E-state index contributed by atoms with van der Waals surface area (Å²) in [6, 6.07) is 6.16. The van der Waals surface area contributed by atoms with Gasteiger partial charge in [-0.25, -0.2) is 0 Å². The standard InChI is InChI=1S/C31H46F3NO5S/c1-2-39-29(36)20-26-14-9-15-28(30(26)25-16-18-27(19-17-25)40-41(37,38)31(32,33)34)35(21-23-10-5-3-6-11-23)22-24-12-7-4-8-13-24/h16-19,23-24,26,28,30H,2-15,20-22H2,1H3/t26-,28-,30-/m1/s1. The van der Waals surface area contributed by atoms with Gasteiger partial charge >= 0.3 is 21.6 Å². The summed E-state index contributed by atoms with van der Waals surface area (Å²) >= 11 is 0. The van der Waals surface area contributed by atoms with Crippen LogP contribution in [0.5, 0.6) is 5.75 Å². The maximum Gasteiger partial charge on any atom is 0.534 e. The van der Waals surface area contributed by atoms with Gasteiger partial charge in [0, 0.05) is 31.5 Å². The number of halogens is 3. The summed E-state index contributed by atoms with van der Waals surface area (Å²) < 4.78 is 71.5. The molecule has 0 N–H and O–H groups in total. The van der Waals surface area contributed by atoms with Crippen LogP contribution in [0.25, 0.3) is 0 Å². The molecule has 1 aromatic rings. The maximum atomic E-state index is 12.9. The van der Waals surface area contributed by atoms with E-state index in [4.69, 9.17) is 4.74 Å². The lowest BCUT2D eigenvalue weighted by Crippen LogP contribution is -2.49. The molecule has 6 nitrogen and oxygen atoms in total. The van der Waals surface area contributed by atoms with E-state index in [1.165, 1.54) is 76.3 Å². The molecule has 41 heavy (non-hydrogen) atoms. The van der Waals surface area contributed by atoms with Crippen molar-refractivity contribution >= 4 is 16.1 Å². The Hall–Kier alpha value is -1.81. The van der Waals surface area contributed by atoms with Gasteiger partial charge < -0.3 is 8.92 Å². The number of benzene rings is 1. The molecule has 3 atom stereocenters. The summed E-state index contributed by atoms with van der Waals surface area (Å²) in [4.78, 5) is 15.4. The molecule has 3 aliphatic carbocycles. The van der Waals surface area contributed by atoms with Gasteiger partial charge in [-0.2, -0.15) is 21.6 Å². The van der Waals surface area contributed by atoms with Gasteiger partial charge in [0.2, 0.25) is 0 Å². The lowest BCUT2D eigenvalue weighted by molar-refractivity contribution is -0.145. The highest BCUT2D eigenvalue weighted by Gasteiger charge is 2.48. The highest BCUT2D eigenvalue weighted by molar-refractivity contribution is 7.88. The van der Waals surface area contributed by atoms with Gasteiger partial charge in [0.15, 0.2) is 0 Å². The molecule has 232 valence electrons. The van der Waals surface area contributed by atoms with Crippen LogP contribution in [0.15, 0.2) is 24.3 Å². The van der Waals surface area contributed by atoms with Crippen molar-refractivity contribution < 1.29 is 35.3 Å². The van der Waals surface area contributed by atoms with Gasteiger partial charge in [0.25, 0.3) is 0 Å². The third kappa shape index (κ3) is 8.85. The largest absolute Gasteiger partial charge is 0.534 e. The van der Waals surface area contributed by atoms with E-state index >= 15 is 0 Å². The zero-order chi connectivity index (χ0) is 29.5. The van der Waals surface area contributed by atoms with Crippen molar-refractivity contribution in [2.24, 2.45) is 17.8 Å². The van der Waals surface area contributed by atoms with Crippen LogP contribution >= 0.6 is 0 Å². The minimum Gasteiger partial charge on any atom is -0.466 e. The number of carbonyl (C=O) groups excluding carboxylic acids is 1. The van der Waals surface area contributed by atoms with Crippen LogP contribution in [0.2, 0.25) is 0 Å². The highest BCUT2D eigenvalue weighted by atomic mass is 32.2. The van der Waals surface area contributed by atoms with Crippen LogP contribution < -0.4 is 4.18 Å². The molecule has 0 aliphatic heterocycles. The fourth-order valence-corrected chi connectivity index (χ4v) is 7.96. The van der Waals surface area contributed by atoms with Crippen LogP contribution in [0, 0.1) is 17.8 Å². The molecular formula is C31H46F3NO5S. The number of hydrogen-bond acceptors (Lipinski definition) is 6. The molecule has 10 heteroatoms. The molecule has 3 aliphatic rings. The topological polar surface area (TPSA) is 72.9 Å². The fourth-order valence-electron chi connectivity index (χ4n) is 7.50. The molecule has 0 spiro atoms. The average molecular weight is 602 g/mol. The minimum absolute atomic E-state index is 0.0198. The third-order valence-electron chi connectivity index (χ3n) is 9.39. The molecule has 0 heterocycles. The molecule has 0 bridgehead atoms. The van der Waals surface area contributed by atoms with Gasteiger partial charge in [0.1, 0.15) is 5.75 Å². The summed E-state index contributed by atoms with van der Waals surface area (Å²) in [6.45, 7) is 4.18. The minimum atomic E-state index is -5.75. The highest BCUT2D eigenvalue weighted by Crippen LogP contribution is 2.44. The van der Waals surface area contributed by atoms with E-state index in [0.717, 1.165) is 37.9 Å². The number of hydrogen-bond donors (Lipinski definition) is 0. The van der Waals surface area contributed by atoms with Gasteiger partial charge in [-0.3, -0.25) is 9.69 Å². The Morgan fingerprint density at radius 1 is 0.854 bits per heavy atom. The zero-order valence-electron chi connectivity index (χ0n) is 24.2. The zero-order valence-corrected chi connectivity index (χ0v) is 25.1. The molecule has 0 amide bonds. The number of esters is 1. The Labute approximate surface area is 243 Å². The quantitative estimate of drug-likeness (QED) is 0.148. The van der Waals surface area contributed by atoms with E-state index < -0.39 is 15.6 Å². The third-order valence-corrected chi connectivity index (χ3v) is 10.4. The summed E-state index contributed by atoms with van der Waals surface area (Å²) in [5.41, 5.74) is -4.60. The molecule has 0 aromatic heterocycles. The fraction of sp³-hybridized carbons (Fsp3) is 0.774. The Bertz CT molecular complexity index is 1050. The van der Waals surface area contributed by atoms with E-state index in [1.807, 2.05) is 0 Å². The second kappa shape index (κ2) is 14.6. The van der Waals surface area contributed by atoms with Crippen LogP contribution in [0.3, 0.4) is 0 Å². The number of alkyl halides is 3. The van der Waals surface area contributed by atoms with Gasteiger partial charge in [-0.1, -0.05) is 57.1 Å². The predicted octanol–water partition coefficient (Wildman–Crippen LogP) is 7.58. The SMILES string of the molecule is CCOC(=O)C[C@H]1CCC[C@@H](N(CC2CCCCC2)CC2CCCCC2)[C@@H]1c1ccc(OS(=O)(=O)C(F)(F)F)cc1. The van der Waals surface area contributed by atoms with Crippen molar-refractivity contribution in [2.45, 2.75) is 114 Å². The van der Waals surface area contributed by atoms with Crippen LogP contribution in [0.1, 0.15) is 108 Å². The van der Waals surface area contributed by atoms with Gasteiger partial charge in [0.05, 0.1) is 6.61 Å². The van der Waals surface area contributed by atoms with Crippen LogP contribution in [-0.2, 0) is 19.6 Å². The van der Waals surface area contributed by atoms with Crippen molar-refractivity contribution in [2.75, 3.05) is 19.7 Å². The van der Waals surface area contributed by atoms with Crippen molar-refractivity contribution in [1.82, 2.24) is 4.90 Å². The molecule has 1 aromatic carbocycles. The Morgan fingerprint density at radius 3 is 1.93 bits per heavy atom. The lowest BCUT2D eigenvalue weighted by Gasteiger charge is -2.47. The Kier molecular flexibility index (Phi) is 11.4. The number of nitrogens with zero attached hydrogens (tertiary/aromatic N) is 1. The molecule has 0 radical (unpaired) electrons. The first-order valence-electron chi connectivity index (χ1n) is 15.6. The van der Waals surface area contributed by atoms with Gasteiger partial charge in [-0.05, 0) is 80.9 Å². The molecule has 4 rings (SSSR count). The summed E-state index contributed by atoms with van der Waals surface area (Å²) in [5, 5.41) is 0. The van der Waals surface area contributed by atoms with Crippen molar-refractivity contribution in [1.29, 1.82) is 0 Å². The molecule has 0 saturated heterocycles. The van der Waals surface area contributed by atoms with E-state index in [1.54, 1.807) is 19.1 Å². The molecular weight excluding hydrogens is 555 g/mol. The first-order valence-corrected chi connectivity index (χ1v) is 17.0. The van der Waals surface area contributed by atoms with Crippen molar-refractivity contribution in [3.63, 3.8) is 0 Å². The summed E-state index contributed by atoms with van der Waals surface area (Å²) in [7, 11) is -5.75. The average Bonchev–Trinajstić information content (AvgIpc) is 2.94. The normalized spacial score (nSPS) is 25.2. The molecule has 3 saturated carbocycles. The monoisotopic (exact) mass is 601 g/mol. The molecule has 3 fully saturated rings. The second-order valence-corrected chi connectivity index (χ2v) is 13.8. The Morgan fingerprint density at radius 2 is 1.41 bits per heavy atom. The number of carbonyl (C=O) groups is 1. The maximum absolute atomic E-state index is 12.9. The first kappa shape index (κ1) is 32.1. The number of rotatable bonds is 11. The predicted molar refractivity (Wildman–Crippen MR) is 152 cm³/mol. The van der Waals surface area contributed by atoms with Crippen LogP contribution in [0.4, 0.5) is 13.2 Å². The molecule has 0 unspecified atom stereocenters. The number of ether oxygens (including phenoxy) is 1. The van der Waals surface area contributed by atoms with Crippen molar-refractivity contribution in [3.8, 4) is 5.75 Å². The summed E-state index contributed by atoms with van der Waals surface area (Å²) in [6.07, 6.45) is 15.8. The lowest BCUT2D eigenvalue weighted by atomic mass is 9.70. The van der Waals surface area contributed by atoms with E-state index in [9.17, 15) is 26.4 Å². The summed E-state index contributed by atoms with van der Waals surface area (Å²) in [5.74, 6) is 0.711. The second-order valence-electron chi connectivity index (χ2n) is 12.3. The van der Waals surface area contributed by atoms with E-state index in [2.05, 4.69) is 9.08 Å². The van der Waals surface area contributed by atoms with Crippen LogP contribution in [-0.4, -0.2) is 50.5 Å². The van der Waals surface area contributed by atoms with E-state index in [0.29, 0.717) is 18.4 Å². The first-order chi connectivity index (χ1) is 19.6.